The van der Waals surface area contributed by atoms with Gasteiger partial charge >= 0.3 is 5.97 Å². The molecule has 1 rings (SSSR count). The second kappa shape index (κ2) is 5.97. The van der Waals surface area contributed by atoms with Gasteiger partial charge in [-0.2, -0.15) is 0 Å². The van der Waals surface area contributed by atoms with Gasteiger partial charge in [-0.05, 0) is 24.6 Å². The molecule has 2 N–H and O–H groups in total. The number of aliphatic hydroxyl groups excluding tert-OH is 1. The van der Waals surface area contributed by atoms with Gasteiger partial charge in [-0.3, -0.25) is 0 Å². The van der Waals surface area contributed by atoms with Crippen LogP contribution in [0.1, 0.15) is 12.5 Å². The Morgan fingerprint density at radius 1 is 1.31 bits per heavy atom. The van der Waals surface area contributed by atoms with Crippen LogP contribution in [-0.2, 0) is 11.4 Å². The van der Waals surface area contributed by atoms with Crippen LogP contribution in [0.2, 0.25) is 0 Å². The lowest BCUT2D eigenvalue weighted by Gasteiger charge is -2.11. The van der Waals surface area contributed by atoms with Crippen LogP contribution in [0, 0.1) is 0 Å². The minimum absolute atomic E-state index is 0.0979. The molecule has 0 heterocycles. The van der Waals surface area contributed by atoms with Gasteiger partial charge in [0.1, 0.15) is 0 Å². The predicted molar refractivity (Wildman–Crippen MR) is 56.7 cm³/mol. The van der Waals surface area contributed by atoms with E-state index >= 15 is 0 Å². The first kappa shape index (κ1) is 12.3. The summed E-state index contributed by atoms with van der Waals surface area (Å²) in [6.45, 7) is 1.74. The molecule has 0 amide bonds. The molecule has 5 nitrogen and oxygen atoms in total. The van der Waals surface area contributed by atoms with Crippen LogP contribution in [-0.4, -0.2) is 29.4 Å². The molecule has 0 aliphatic carbocycles. The van der Waals surface area contributed by atoms with Gasteiger partial charge in [-0.1, -0.05) is 6.07 Å². The fourth-order valence-corrected chi connectivity index (χ4v) is 1.18. The highest BCUT2D eigenvalue weighted by molar-refractivity contribution is 5.68. The topological polar surface area (TPSA) is 76.0 Å². The highest BCUT2D eigenvalue weighted by Crippen LogP contribution is 2.28. The van der Waals surface area contributed by atoms with E-state index < -0.39 is 12.6 Å². The fraction of sp³-hybridized carbons (Fsp3) is 0.364. The molecule has 1 aromatic carbocycles. The SMILES string of the molecule is CCOc1cc(CO)ccc1OCC(=O)O. The van der Waals surface area contributed by atoms with Crippen molar-refractivity contribution in [2.75, 3.05) is 13.2 Å². The molecule has 88 valence electrons. The number of rotatable bonds is 6. The van der Waals surface area contributed by atoms with Crippen LogP contribution in [0.15, 0.2) is 18.2 Å². The lowest BCUT2D eigenvalue weighted by Crippen LogP contribution is -2.10. The number of aliphatic hydroxyl groups is 1. The number of carbonyl (C=O) groups is 1. The Morgan fingerprint density at radius 2 is 2.06 bits per heavy atom. The Labute approximate surface area is 93.2 Å². The molecule has 0 aliphatic rings. The summed E-state index contributed by atoms with van der Waals surface area (Å²) >= 11 is 0. The van der Waals surface area contributed by atoms with E-state index in [-0.39, 0.29) is 6.61 Å². The summed E-state index contributed by atoms with van der Waals surface area (Å²) in [7, 11) is 0. The largest absolute Gasteiger partial charge is 0.490 e. The van der Waals surface area contributed by atoms with Crippen LogP contribution in [0.5, 0.6) is 11.5 Å². The van der Waals surface area contributed by atoms with Crippen molar-refractivity contribution in [3.05, 3.63) is 23.8 Å². The molecule has 0 fully saturated rings. The molecule has 0 aromatic heterocycles. The Bertz CT molecular complexity index is 361. The summed E-state index contributed by atoms with van der Waals surface area (Å²) in [5.41, 5.74) is 0.686. The fourth-order valence-electron chi connectivity index (χ4n) is 1.18. The van der Waals surface area contributed by atoms with Gasteiger partial charge in [0.2, 0.25) is 0 Å². The number of carboxylic acid groups (broad SMARTS) is 1. The Hall–Kier alpha value is -1.75. The molecule has 0 spiro atoms. The van der Waals surface area contributed by atoms with E-state index in [1.807, 2.05) is 6.92 Å². The average molecular weight is 226 g/mol. The standard InChI is InChI=1S/C11H14O5/c1-2-15-10-5-8(6-12)3-4-9(10)16-7-11(13)14/h3-5,12H,2,6-7H2,1H3,(H,13,14). The summed E-state index contributed by atoms with van der Waals surface area (Å²) in [5.74, 6) is -0.245. The van der Waals surface area contributed by atoms with E-state index in [2.05, 4.69) is 0 Å². The third kappa shape index (κ3) is 3.43. The van der Waals surface area contributed by atoms with Crippen molar-refractivity contribution in [1.82, 2.24) is 0 Å². The zero-order chi connectivity index (χ0) is 12.0. The first-order valence-corrected chi connectivity index (χ1v) is 4.88. The zero-order valence-corrected chi connectivity index (χ0v) is 8.97. The molecule has 0 atom stereocenters. The maximum atomic E-state index is 10.4. The molecule has 0 radical (unpaired) electrons. The van der Waals surface area contributed by atoms with Crippen molar-refractivity contribution in [2.24, 2.45) is 0 Å². The molecule has 5 heteroatoms. The van der Waals surface area contributed by atoms with Crippen molar-refractivity contribution in [1.29, 1.82) is 0 Å². The van der Waals surface area contributed by atoms with Crippen LogP contribution in [0.25, 0.3) is 0 Å². The van der Waals surface area contributed by atoms with E-state index in [9.17, 15) is 4.79 Å². The monoisotopic (exact) mass is 226 g/mol. The van der Waals surface area contributed by atoms with Gasteiger partial charge in [0, 0.05) is 0 Å². The summed E-state index contributed by atoms with van der Waals surface area (Å²) < 4.78 is 10.3. The number of ether oxygens (including phenoxy) is 2. The second-order valence-electron chi connectivity index (χ2n) is 3.05. The molecular weight excluding hydrogens is 212 g/mol. The van der Waals surface area contributed by atoms with Gasteiger partial charge in [0.15, 0.2) is 18.1 Å². The van der Waals surface area contributed by atoms with E-state index in [1.54, 1.807) is 18.2 Å². The van der Waals surface area contributed by atoms with Gasteiger partial charge in [-0.25, -0.2) is 4.79 Å². The molecule has 0 unspecified atom stereocenters. The minimum Gasteiger partial charge on any atom is -0.490 e. The van der Waals surface area contributed by atoms with Crippen molar-refractivity contribution < 1.29 is 24.5 Å². The Kier molecular flexibility index (Phi) is 4.60. The minimum atomic E-state index is -1.05. The predicted octanol–water partition coefficient (Wildman–Crippen LogP) is 1.04. The normalized spacial score (nSPS) is 9.88. The van der Waals surface area contributed by atoms with E-state index in [1.165, 1.54) is 0 Å². The molecule has 0 saturated heterocycles. The van der Waals surface area contributed by atoms with Gasteiger partial charge < -0.3 is 19.7 Å². The maximum absolute atomic E-state index is 10.4. The highest BCUT2D eigenvalue weighted by Gasteiger charge is 2.07. The van der Waals surface area contributed by atoms with Gasteiger partial charge in [-0.15, -0.1) is 0 Å². The Morgan fingerprint density at radius 3 is 2.62 bits per heavy atom. The Balaban J connectivity index is 2.84. The number of aliphatic carboxylic acids is 1. The van der Waals surface area contributed by atoms with Crippen molar-refractivity contribution in [3.63, 3.8) is 0 Å². The van der Waals surface area contributed by atoms with E-state index in [0.29, 0.717) is 23.7 Å². The number of carboxylic acids is 1. The molecular formula is C11H14O5. The summed E-state index contributed by atoms with van der Waals surface area (Å²) in [6, 6.07) is 4.86. The molecule has 0 aliphatic heterocycles. The highest BCUT2D eigenvalue weighted by atomic mass is 16.5. The summed E-state index contributed by atoms with van der Waals surface area (Å²) in [6.07, 6.45) is 0. The van der Waals surface area contributed by atoms with Gasteiger partial charge in [0.25, 0.3) is 0 Å². The summed E-state index contributed by atoms with van der Waals surface area (Å²) in [5, 5.41) is 17.4. The molecule has 0 bridgehead atoms. The van der Waals surface area contributed by atoms with Crippen molar-refractivity contribution in [3.8, 4) is 11.5 Å². The zero-order valence-electron chi connectivity index (χ0n) is 8.97. The lowest BCUT2D eigenvalue weighted by atomic mass is 10.2. The quantitative estimate of drug-likeness (QED) is 0.758. The van der Waals surface area contributed by atoms with Crippen molar-refractivity contribution in [2.45, 2.75) is 13.5 Å². The van der Waals surface area contributed by atoms with Crippen LogP contribution in [0.4, 0.5) is 0 Å². The molecule has 16 heavy (non-hydrogen) atoms. The first-order valence-electron chi connectivity index (χ1n) is 4.88. The first-order chi connectivity index (χ1) is 7.67. The number of benzene rings is 1. The second-order valence-corrected chi connectivity index (χ2v) is 3.05. The van der Waals surface area contributed by atoms with E-state index in [4.69, 9.17) is 19.7 Å². The third-order valence-corrected chi connectivity index (χ3v) is 1.84. The van der Waals surface area contributed by atoms with Crippen LogP contribution in [0.3, 0.4) is 0 Å². The smallest absolute Gasteiger partial charge is 0.341 e. The summed E-state index contributed by atoms with van der Waals surface area (Å²) in [4.78, 5) is 10.4. The van der Waals surface area contributed by atoms with E-state index in [0.717, 1.165) is 0 Å². The van der Waals surface area contributed by atoms with Crippen LogP contribution < -0.4 is 9.47 Å². The lowest BCUT2D eigenvalue weighted by molar-refractivity contribution is -0.139. The van der Waals surface area contributed by atoms with Crippen molar-refractivity contribution >= 4 is 5.97 Å². The van der Waals surface area contributed by atoms with Gasteiger partial charge in [0.05, 0.1) is 13.2 Å². The average Bonchev–Trinajstić information content (AvgIpc) is 2.27. The maximum Gasteiger partial charge on any atom is 0.341 e. The number of hydrogen-bond donors (Lipinski definition) is 2. The third-order valence-electron chi connectivity index (χ3n) is 1.84. The number of hydrogen-bond acceptors (Lipinski definition) is 4. The molecule has 0 saturated carbocycles. The van der Waals surface area contributed by atoms with Crippen LogP contribution >= 0.6 is 0 Å². The molecule has 1 aromatic rings.